The molecule has 4 heteroatoms. The van der Waals surface area contributed by atoms with Crippen LogP contribution >= 0.6 is 0 Å². The van der Waals surface area contributed by atoms with E-state index in [1.54, 1.807) is 0 Å². The second-order valence-electron chi connectivity index (χ2n) is 3.09. The van der Waals surface area contributed by atoms with Crippen LogP contribution in [0.5, 0.6) is 0 Å². The van der Waals surface area contributed by atoms with E-state index in [0.717, 1.165) is 32.5 Å². The van der Waals surface area contributed by atoms with Gasteiger partial charge in [0.2, 0.25) is 0 Å². The molecule has 1 unspecified atom stereocenters. The van der Waals surface area contributed by atoms with Gasteiger partial charge in [-0.15, -0.1) is 0 Å². The van der Waals surface area contributed by atoms with Crippen LogP contribution in [-0.4, -0.2) is 36.7 Å². The Bertz CT molecular complexity index is 161. The van der Waals surface area contributed by atoms with E-state index in [2.05, 4.69) is 11.8 Å². The van der Waals surface area contributed by atoms with Gasteiger partial charge in [0.05, 0.1) is 0 Å². The van der Waals surface area contributed by atoms with Crippen molar-refractivity contribution in [2.45, 2.75) is 25.9 Å². The standard InChI is InChI=1S/C8H16N2O2/c1-2-10-5-3-4-7(6-10)12-8(9)11/h7H,2-6H2,1H3,(H2,9,11). The van der Waals surface area contributed by atoms with Crippen molar-refractivity contribution in [3.63, 3.8) is 0 Å². The Morgan fingerprint density at radius 1 is 1.75 bits per heavy atom. The van der Waals surface area contributed by atoms with Gasteiger partial charge in [0.1, 0.15) is 6.10 Å². The molecule has 12 heavy (non-hydrogen) atoms. The van der Waals surface area contributed by atoms with Crippen LogP contribution in [0.25, 0.3) is 0 Å². The van der Waals surface area contributed by atoms with Crippen LogP contribution in [0.15, 0.2) is 0 Å². The molecule has 1 saturated heterocycles. The van der Waals surface area contributed by atoms with Crippen LogP contribution in [0.1, 0.15) is 19.8 Å². The molecule has 0 aliphatic carbocycles. The van der Waals surface area contributed by atoms with Gasteiger partial charge in [0.25, 0.3) is 0 Å². The lowest BCUT2D eigenvalue weighted by Crippen LogP contribution is -2.41. The van der Waals surface area contributed by atoms with Gasteiger partial charge in [-0.1, -0.05) is 6.92 Å². The minimum Gasteiger partial charge on any atom is -0.445 e. The normalized spacial score (nSPS) is 25.2. The topological polar surface area (TPSA) is 55.6 Å². The summed E-state index contributed by atoms with van der Waals surface area (Å²) in [4.78, 5) is 12.7. The number of ether oxygens (including phenoxy) is 1. The summed E-state index contributed by atoms with van der Waals surface area (Å²) in [5.74, 6) is 0. The SMILES string of the molecule is CCN1CCCC(OC(N)=O)C1. The zero-order valence-corrected chi connectivity index (χ0v) is 7.45. The van der Waals surface area contributed by atoms with Gasteiger partial charge in [-0.25, -0.2) is 4.79 Å². The van der Waals surface area contributed by atoms with Crippen molar-refractivity contribution in [3.05, 3.63) is 0 Å². The van der Waals surface area contributed by atoms with E-state index in [-0.39, 0.29) is 6.10 Å². The number of rotatable bonds is 2. The van der Waals surface area contributed by atoms with Crippen LogP contribution in [0.2, 0.25) is 0 Å². The maximum absolute atomic E-state index is 10.4. The van der Waals surface area contributed by atoms with Crippen LogP contribution in [0, 0.1) is 0 Å². The molecule has 0 aromatic carbocycles. The fourth-order valence-corrected chi connectivity index (χ4v) is 1.56. The smallest absolute Gasteiger partial charge is 0.404 e. The highest BCUT2D eigenvalue weighted by Gasteiger charge is 2.20. The fourth-order valence-electron chi connectivity index (χ4n) is 1.56. The van der Waals surface area contributed by atoms with Crippen molar-refractivity contribution in [1.82, 2.24) is 4.90 Å². The van der Waals surface area contributed by atoms with E-state index in [9.17, 15) is 4.79 Å². The van der Waals surface area contributed by atoms with Gasteiger partial charge in [0.15, 0.2) is 0 Å². The molecular formula is C8H16N2O2. The third-order valence-corrected chi connectivity index (χ3v) is 2.19. The number of primary amides is 1. The number of hydrogen-bond acceptors (Lipinski definition) is 3. The van der Waals surface area contributed by atoms with Crippen molar-refractivity contribution in [1.29, 1.82) is 0 Å². The average Bonchev–Trinajstić information content (AvgIpc) is 2.03. The molecule has 0 saturated carbocycles. The predicted molar refractivity (Wildman–Crippen MR) is 45.8 cm³/mol. The number of hydrogen-bond donors (Lipinski definition) is 1. The van der Waals surface area contributed by atoms with Gasteiger partial charge >= 0.3 is 6.09 Å². The Morgan fingerprint density at radius 3 is 3.08 bits per heavy atom. The van der Waals surface area contributed by atoms with Crippen LogP contribution < -0.4 is 5.73 Å². The molecule has 1 aliphatic rings. The predicted octanol–water partition coefficient (Wildman–Crippen LogP) is 0.566. The Hall–Kier alpha value is -0.770. The van der Waals surface area contributed by atoms with E-state index in [1.807, 2.05) is 0 Å². The van der Waals surface area contributed by atoms with Crippen molar-refractivity contribution in [2.24, 2.45) is 5.73 Å². The number of likely N-dealkylation sites (N-methyl/N-ethyl adjacent to an activating group) is 1. The van der Waals surface area contributed by atoms with Gasteiger partial charge in [-0.2, -0.15) is 0 Å². The van der Waals surface area contributed by atoms with Gasteiger partial charge < -0.3 is 10.5 Å². The lowest BCUT2D eigenvalue weighted by Gasteiger charge is -2.30. The summed E-state index contributed by atoms with van der Waals surface area (Å²) < 4.78 is 4.92. The largest absolute Gasteiger partial charge is 0.445 e. The summed E-state index contributed by atoms with van der Waals surface area (Å²) in [6.45, 7) is 5.06. The summed E-state index contributed by atoms with van der Waals surface area (Å²) in [5, 5.41) is 0. The lowest BCUT2D eigenvalue weighted by atomic mass is 10.1. The van der Waals surface area contributed by atoms with E-state index >= 15 is 0 Å². The number of piperidine rings is 1. The monoisotopic (exact) mass is 172 g/mol. The lowest BCUT2D eigenvalue weighted by molar-refractivity contribution is 0.0494. The number of nitrogens with two attached hydrogens (primary N) is 1. The molecule has 2 N–H and O–H groups in total. The third kappa shape index (κ3) is 2.70. The minimum absolute atomic E-state index is 0.0104. The number of likely N-dealkylation sites (tertiary alicyclic amines) is 1. The first-order valence-electron chi connectivity index (χ1n) is 4.40. The number of carbonyl (C=O) groups is 1. The van der Waals surface area contributed by atoms with Crippen LogP contribution in [-0.2, 0) is 4.74 Å². The van der Waals surface area contributed by atoms with E-state index in [1.165, 1.54) is 0 Å². The first-order valence-corrected chi connectivity index (χ1v) is 4.40. The molecule has 4 nitrogen and oxygen atoms in total. The molecule has 1 aliphatic heterocycles. The molecule has 0 aromatic rings. The highest BCUT2D eigenvalue weighted by molar-refractivity contribution is 5.64. The zero-order valence-electron chi connectivity index (χ0n) is 7.45. The molecule has 1 rings (SSSR count). The van der Waals surface area contributed by atoms with Gasteiger partial charge in [0, 0.05) is 6.54 Å². The summed E-state index contributed by atoms with van der Waals surface area (Å²) >= 11 is 0. The number of amides is 1. The first kappa shape index (κ1) is 9.32. The number of nitrogens with zero attached hydrogens (tertiary/aromatic N) is 1. The molecule has 0 bridgehead atoms. The Kier molecular flexibility index (Phi) is 3.34. The Morgan fingerprint density at radius 2 is 2.50 bits per heavy atom. The quantitative estimate of drug-likeness (QED) is 0.662. The van der Waals surface area contributed by atoms with Crippen LogP contribution in [0.3, 0.4) is 0 Å². The molecule has 1 atom stereocenters. The molecule has 0 aromatic heterocycles. The van der Waals surface area contributed by atoms with Crippen molar-refractivity contribution < 1.29 is 9.53 Å². The molecule has 0 spiro atoms. The molecule has 70 valence electrons. The number of carbonyl (C=O) groups excluding carboxylic acids is 1. The third-order valence-electron chi connectivity index (χ3n) is 2.19. The summed E-state index contributed by atoms with van der Waals surface area (Å²) in [7, 11) is 0. The van der Waals surface area contributed by atoms with Gasteiger partial charge in [-0.05, 0) is 25.9 Å². The van der Waals surface area contributed by atoms with Crippen LogP contribution in [0.4, 0.5) is 4.79 Å². The Labute approximate surface area is 72.7 Å². The summed E-state index contributed by atoms with van der Waals surface area (Å²) in [5.41, 5.74) is 4.93. The summed E-state index contributed by atoms with van der Waals surface area (Å²) in [6.07, 6.45) is 1.39. The highest BCUT2D eigenvalue weighted by Crippen LogP contribution is 2.12. The van der Waals surface area contributed by atoms with Crippen molar-refractivity contribution in [3.8, 4) is 0 Å². The second kappa shape index (κ2) is 4.30. The maximum atomic E-state index is 10.4. The van der Waals surface area contributed by atoms with E-state index in [0.29, 0.717) is 0 Å². The van der Waals surface area contributed by atoms with Gasteiger partial charge in [-0.3, -0.25) is 4.90 Å². The average molecular weight is 172 g/mol. The molecule has 1 heterocycles. The van der Waals surface area contributed by atoms with E-state index < -0.39 is 6.09 Å². The minimum atomic E-state index is -0.655. The zero-order chi connectivity index (χ0) is 8.97. The van der Waals surface area contributed by atoms with Crippen molar-refractivity contribution >= 4 is 6.09 Å². The maximum Gasteiger partial charge on any atom is 0.404 e. The molecule has 1 fully saturated rings. The van der Waals surface area contributed by atoms with E-state index in [4.69, 9.17) is 10.5 Å². The summed E-state index contributed by atoms with van der Waals surface area (Å²) in [6, 6.07) is 0. The molecular weight excluding hydrogens is 156 g/mol. The highest BCUT2D eigenvalue weighted by atomic mass is 16.6. The molecule has 0 radical (unpaired) electrons. The second-order valence-corrected chi connectivity index (χ2v) is 3.09. The molecule has 1 amide bonds. The fraction of sp³-hybridized carbons (Fsp3) is 0.875. The van der Waals surface area contributed by atoms with Crippen molar-refractivity contribution in [2.75, 3.05) is 19.6 Å². The first-order chi connectivity index (χ1) is 5.72. The Balaban J connectivity index is 2.30.